The molecule has 1 aliphatic carbocycles. The normalized spacial score (nSPS) is 34.1. The molecule has 4 atom stereocenters. The van der Waals surface area contributed by atoms with Crippen molar-refractivity contribution in [3.8, 4) is 0 Å². The predicted octanol–water partition coefficient (Wildman–Crippen LogP) is 3.12. The largest absolute Gasteiger partial charge is 0.467 e. The fourth-order valence-electron chi connectivity index (χ4n) is 2.95. The van der Waals surface area contributed by atoms with Crippen LogP contribution in [0.15, 0.2) is 0 Å². The number of rotatable bonds is 3. The highest BCUT2D eigenvalue weighted by atomic mass is 28.4. The molecule has 4 nitrogen and oxygen atoms in total. The van der Waals surface area contributed by atoms with Crippen molar-refractivity contribution in [2.45, 2.75) is 76.5 Å². The van der Waals surface area contributed by atoms with Crippen LogP contribution in [-0.2, 0) is 18.7 Å². The van der Waals surface area contributed by atoms with E-state index in [1.165, 1.54) is 7.11 Å². The van der Waals surface area contributed by atoms with Gasteiger partial charge in [0.05, 0.1) is 19.3 Å². The summed E-state index contributed by atoms with van der Waals surface area (Å²) in [6, 6.07) is 0. The van der Waals surface area contributed by atoms with E-state index in [0.29, 0.717) is 5.92 Å². The van der Waals surface area contributed by atoms with Crippen LogP contribution in [0, 0.1) is 5.92 Å². The molecule has 0 aromatic carbocycles. The molecule has 5 heteroatoms. The van der Waals surface area contributed by atoms with E-state index in [2.05, 4.69) is 33.9 Å². The molecule has 0 unspecified atom stereocenters. The van der Waals surface area contributed by atoms with Gasteiger partial charge in [0.25, 0.3) is 0 Å². The smallest absolute Gasteiger partial charge is 0.334 e. The molecule has 0 spiro atoms. The van der Waals surface area contributed by atoms with E-state index in [1.807, 2.05) is 0 Å². The zero-order chi connectivity index (χ0) is 15.1. The van der Waals surface area contributed by atoms with Crippen LogP contribution in [0.5, 0.6) is 0 Å². The van der Waals surface area contributed by atoms with Gasteiger partial charge in [0, 0.05) is 0 Å². The summed E-state index contributed by atoms with van der Waals surface area (Å²) in [4.78, 5) is 11.6. The third-order valence-corrected chi connectivity index (χ3v) is 9.71. The lowest BCUT2D eigenvalue weighted by molar-refractivity contribution is -0.154. The lowest BCUT2D eigenvalue weighted by Gasteiger charge is -2.39. The van der Waals surface area contributed by atoms with Crippen LogP contribution in [0.4, 0.5) is 0 Å². The van der Waals surface area contributed by atoms with Gasteiger partial charge in [-0.1, -0.05) is 20.8 Å². The summed E-state index contributed by atoms with van der Waals surface area (Å²) in [5.41, 5.74) is 0. The second-order valence-corrected chi connectivity index (χ2v) is 12.4. The van der Waals surface area contributed by atoms with Crippen LogP contribution in [0.2, 0.25) is 18.1 Å². The Kier molecular flexibility index (Phi) is 4.34. The zero-order valence-corrected chi connectivity index (χ0v) is 14.6. The van der Waals surface area contributed by atoms with Crippen molar-refractivity contribution in [2.75, 3.05) is 7.11 Å². The Bertz CT molecular complexity index is 375. The second-order valence-electron chi connectivity index (χ2n) is 7.60. The molecule has 2 fully saturated rings. The molecule has 0 radical (unpaired) electrons. The first-order valence-electron chi connectivity index (χ1n) is 7.57. The average Bonchev–Trinajstić information content (AvgIpc) is 2.88. The maximum absolute atomic E-state index is 11.6. The fraction of sp³-hybridized carbons (Fsp3) is 0.933. The number of fused-ring (bicyclic) bond motifs is 1. The monoisotopic (exact) mass is 300 g/mol. The highest BCUT2D eigenvalue weighted by molar-refractivity contribution is 6.74. The van der Waals surface area contributed by atoms with Gasteiger partial charge in [-0.25, -0.2) is 4.79 Å². The molecule has 1 heterocycles. The van der Waals surface area contributed by atoms with E-state index in [9.17, 15) is 4.79 Å². The molecule has 0 aromatic heterocycles. The highest BCUT2D eigenvalue weighted by Gasteiger charge is 2.50. The summed E-state index contributed by atoms with van der Waals surface area (Å²) in [6.07, 6.45) is 2.77. The summed E-state index contributed by atoms with van der Waals surface area (Å²) >= 11 is 0. The van der Waals surface area contributed by atoms with Crippen LogP contribution in [-0.4, -0.2) is 39.7 Å². The Morgan fingerprint density at radius 2 is 1.90 bits per heavy atom. The number of esters is 1. The molecule has 1 saturated carbocycles. The first-order chi connectivity index (χ1) is 9.15. The zero-order valence-electron chi connectivity index (χ0n) is 13.6. The van der Waals surface area contributed by atoms with Gasteiger partial charge in [-0.3, -0.25) is 0 Å². The third-order valence-electron chi connectivity index (χ3n) is 5.21. The molecule has 2 rings (SSSR count). The lowest BCUT2D eigenvalue weighted by atomic mass is 10.0. The molecular formula is C15H28O4Si. The van der Waals surface area contributed by atoms with Crippen molar-refractivity contribution < 1.29 is 18.7 Å². The summed E-state index contributed by atoms with van der Waals surface area (Å²) in [7, 11) is -0.363. The van der Waals surface area contributed by atoms with Crippen molar-refractivity contribution in [3.63, 3.8) is 0 Å². The summed E-state index contributed by atoms with van der Waals surface area (Å²) in [6.45, 7) is 11.3. The van der Waals surface area contributed by atoms with Crippen molar-refractivity contribution in [2.24, 2.45) is 5.92 Å². The molecule has 1 saturated heterocycles. The van der Waals surface area contributed by atoms with Gasteiger partial charge in [0.2, 0.25) is 0 Å². The molecule has 20 heavy (non-hydrogen) atoms. The van der Waals surface area contributed by atoms with Crippen molar-refractivity contribution in [1.82, 2.24) is 0 Å². The maximum Gasteiger partial charge on any atom is 0.334 e. The van der Waals surface area contributed by atoms with Gasteiger partial charge in [-0.05, 0) is 43.3 Å². The Hall–Kier alpha value is -0.393. The third kappa shape index (κ3) is 2.94. The van der Waals surface area contributed by atoms with Gasteiger partial charge >= 0.3 is 5.97 Å². The number of ether oxygens (including phenoxy) is 2. The predicted molar refractivity (Wildman–Crippen MR) is 80.1 cm³/mol. The van der Waals surface area contributed by atoms with E-state index < -0.39 is 8.32 Å². The molecule has 0 N–H and O–H groups in total. The molecule has 0 aromatic rings. The van der Waals surface area contributed by atoms with Crippen LogP contribution < -0.4 is 0 Å². The van der Waals surface area contributed by atoms with Crippen LogP contribution >= 0.6 is 0 Å². The SMILES string of the molecule is COC(=O)[C@H]1C[C@@H]2CC[C@@H](O[Si](C)(C)C(C)(C)C)[C@@H]2O1. The molecular weight excluding hydrogens is 272 g/mol. The summed E-state index contributed by atoms with van der Waals surface area (Å²) in [5.74, 6) is 0.208. The molecule has 0 amide bonds. The number of carbonyl (C=O) groups excluding carboxylic acids is 1. The lowest BCUT2D eigenvalue weighted by Crippen LogP contribution is -2.46. The number of hydrogen-bond donors (Lipinski definition) is 0. The first-order valence-corrected chi connectivity index (χ1v) is 10.5. The van der Waals surface area contributed by atoms with E-state index in [-0.39, 0.29) is 29.3 Å². The molecule has 0 bridgehead atoms. The maximum atomic E-state index is 11.6. The van der Waals surface area contributed by atoms with E-state index in [1.54, 1.807) is 0 Å². The quantitative estimate of drug-likeness (QED) is 0.593. The number of hydrogen-bond acceptors (Lipinski definition) is 4. The fourth-order valence-corrected chi connectivity index (χ4v) is 4.31. The van der Waals surface area contributed by atoms with Gasteiger partial charge in [-0.15, -0.1) is 0 Å². The Morgan fingerprint density at radius 3 is 2.45 bits per heavy atom. The van der Waals surface area contributed by atoms with Crippen LogP contribution in [0.3, 0.4) is 0 Å². The van der Waals surface area contributed by atoms with Gasteiger partial charge < -0.3 is 13.9 Å². The van der Waals surface area contributed by atoms with Crippen molar-refractivity contribution in [3.05, 3.63) is 0 Å². The van der Waals surface area contributed by atoms with Crippen molar-refractivity contribution >= 4 is 14.3 Å². The highest BCUT2D eigenvalue weighted by Crippen LogP contribution is 2.45. The average molecular weight is 300 g/mol. The molecule has 116 valence electrons. The van der Waals surface area contributed by atoms with Gasteiger partial charge in [-0.2, -0.15) is 0 Å². The van der Waals surface area contributed by atoms with E-state index >= 15 is 0 Å². The Labute approximate surface area is 123 Å². The van der Waals surface area contributed by atoms with E-state index in [0.717, 1.165) is 19.3 Å². The second kappa shape index (κ2) is 5.43. The minimum absolute atomic E-state index is 0.0771. The minimum Gasteiger partial charge on any atom is -0.467 e. The van der Waals surface area contributed by atoms with E-state index in [4.69, 9.17) is 13.9 Å². The van der Waals surface area contributed by atoms with Crippen molar-refractivity contribution in [1.29, 1.82) is 0 Å². The first kappa shape index (κ1) is 16.0. The molecule has 2 aliphatic rings. The molecule has 1 aliphatic heterocycles. The number of carbonyl (C=O) groups is 1. The topological polar surface area (TPSA) is 44.8 Å². The van der Waals surface area contributed by atoms with Crippen LogP contribution in [0.1, 0.15) is 40.0 Å². The Balaban J connectivity index is 2.01. The Morgan fingerprint density at radius 1 is 1.25 bits per heavy atom. The summed E-state index contributed by atoms with van der Waals surface area (Å²) in [5, 5.41) is 0.200. The number of methoxy groups -OCH3 is 1. The van der Waals surface area contributed by atoms with Gasteiger partial charge in [0.15, 0.2) is 14.4 Å². The van der Waals surface area contributed by atoms with Gasteiger partial charge in [0.1, 0.15) is 0 Å². The minimum atomic E-state index is -1.78. The summed E-state index contributed by atoms with van der Waals surface area (Å²) < 4.78 is 17.2. The van der Waals surface area contributed by atoms with Crippen LogP contribution in [0.25, 0.3) is 0 Å². The standard InChI is InChI=1S/C15H28O4Si/c1-15(2,3)20(5,6)19-11-8-7-10-9-12(14(16)17-4)18-13(10)11/h10-13H,7-9H2,1-6H3/t10-,11+,12+,13+/m0/s1.